The SMILES string of the molecule is Cc1nnc(NC(=O)c2cccc(F)c2F)o1. The highest BCUT2D eigenvalue weighted by Crippen LogP contribution is 2.13. The zero-order chi connectivity index (χ0) is 12.4. The third kappa shape index (κ3) is 2.27. The number of hydrogen-bond donors (Lipinski definition) is 1. The first kappa shape index (κ1) is 11.2. The molecule has 0 fully saturated rings. The summed E-state index contributed by atoms with van der Waals surface area (Å²) in [5, 5.41) is 9.13. The van der Waals surface area contributed by atoms with Crippen LogP contribution in [0.2, 0.25) is 0 Å². The number of aryl methyl sites for hydroxylation is 1. The van der Waals surface area contributed by atoms with Crippen molar-refractivity contribution < 1.29 is 18.0 Å². The van der Waals surface area contributed by atoms with E-state index < -0.39 is 23.1 Å². The van der Waals surface area contributed by atoms with E-state index in [1.807, 2.05) is 0 Å². The summed E-state index contributed by atoms with van der Waals surface area (Å²) < 4.78 is 31.0. The summed E-state index contributed by atoms with van der Waals surface area (Å²) in [6.07, 6.45) is 0. The van der Waals surface area contributed by atoms with Gasteiger partial charge in [0.15, 0.2) is 11.6 Å². The first-order valence-corrected chi connectivity index (χ1v) is 4.63. The first-order valence-electron chi connectivity index (χ1n) is 4.63. The highest BCUT2D eigenvalue weighted by molar-refractivity contribution is 6.03. The maximum Gasteiger partial charge on any atom is 0.322 e. The molecule has 0 radical (unpaired) electrons. The van der Waals surface area contributed by atoms with Crippen LogP contribution in [0.15, 0.2) is 22.6 Å². The molecule has 0 spiro atoms. The molecule has 88 valence electrons. The summed E-state index contributed by atoms with van der Waals surface area (Å²) in [6.45, 7) is 1.53. The van der Waals surface area contributed by atoms with Gasteiger partial charge in [-0.1, -0.05) is 11.2 Å². The second-order valence-corrected chi connectivity index (χ2v) is 3.18. The highest BCUT2D eigenvalue weighted by Gasteiger charge is 2.16. The van der Waals surface area contributed by atoms with Gasteiger partial charge in [0.05, 0.1) is 5.56 Å². The smallest absolute Gasteiger partial charge is 0.322 e. The van der Waals surface area contributed by atoms with Crippen LogP contribution >= 0.6 is 0 Å². The van der Waals surface area contributed by atoms with Crippen LogP contribution in [0.5, 0.6) is 0 Å². The Morgan fingerprint density at radius 1 is 1.35 bits per heavy atom. The van der Waals surface area contributed by atoms with Crippen LogP contribution in [0.25, 0.3) is 0 Å². The Hall–Kier alpha value is -2.31. The van der Waals surface area contributed by atoms with Crippen molar-refractivity contribution in [3.05, 3.63) is 41.3 Å². The average molecular weight is 239 g/mol. The lowest BCUT2D eigenvalue weighted by Gasteiger charge is -2.02. The molecule has 2 aromatic rings. The lowest BCUT2D eigenvalue weighted by Crippen LogP contribution is -2.14. The van der Waals surface area contributed by atoms with E-state index in [4.69, 9.17) is 4.42 Å². The molecule has 2 rings (SSSR count). The summed E-state index contributed by atoms with van der Waals surface area (Å²) in [5.41, 5.74) is -0.430. The molecule has 0 unspecified atom stereocenters. The fraction of sp³-hybridized carbons (Fsp3) is 0.100. The van der Waals surface area contributed by atoms with Crippen LogP contribution in [-0.2, 0) is 0 Å². The molecule has 17 heavy (non-hydrogen) atoms. The van der Waals surface area contributed by atoms with Crippen molar-refractivity contribution in [2.75, 3.05) is 5.32 Å². The van der Waals surface area contributed by atoms with E-state index >= 15 is 0 Å². The molecule has 1 N–H and O–H groups in total. The number of nitrogens with zero attached hydrogens (tertiary/aromatic N) is 2. The fourth-order valence-electron chi connectivity index (χ4n) is 1.19. The van der Waals surface area contributed by atoms with Gasteiger partial charge in [-0.05, 0) is 12.1 Å². The zero-order valence-electron chi connectivity index (χ0n) is 8.70. The molecule has 0 saturated heterocycles. The Labute approximate surface area is 94.5 Å². The lowest BCUT2D eigenvalue weighted by atomic mass is 10.2. The highest BCUT2D eigenvalue weighted by atomic mass is 19.2. The molecular weight excluding hydrogens is 232 g/mol. The van der Waals surface area contributed by atoms with E-state index in [0.29, 0.717) is 0 Å². The second kappa shape index (κ2) is 4.28. The number of amides is 1. The van der Waals surface area contributed by atoms with Gasteiger partial charge in [-0.3, -0.25) is 10.1 Å². The van der Waals surface area contributed by atoms with E-state index in [0.717, 1.165) is 12.1 Å². The van der Waals surface area contributed by atoms with Gasteiger partial charge in [-0.2, -0.15) is 0 Å². The number of rotatable bonds is 2. The predicted molar refractivity (Wildman–Crippen MR) is 53.3 cm³/mol. The quantitative estimate of drug-likeness (QED) is 0.869. The molecule has 0 aliphatic rings. The largest absolute Gasteiger partial charge is 0.408 e. The molecule has 0 aliphatic heterocycles. The first-order chi connectivity index (χ1) is 8.08. The third-order valence-corrected chi connectivity index (χ3v) is 1.94. The Bertz CT molecular complexity index is 568. The maximum atomic E-state index is 13.3. The van der Waals surface area contributed by atoms with Crippen molar-refractivity contribution in [1.82, 2.24) is 10.2 Å². The predicted octanol–water partition coefficient (Wildman–Crippen LogP) is 1.91. The number of anilines is 1. The number of nitrogens with one attached hydrogen (secondary N) is 1. The summed E-state index contributed by atoms with van der Waals surface area (Å²) in [7, 11) is 0. The Morgan fingerprint density at radius 3 is 2.76 bits per heavy atom. The van der Waals surface area contributed by atoms with Crippen LogP contribution < -0.4 is 5.32 Å². The van der Waals surface area contributed by atoms with Gasteiger partial charge < -0.3 is 4.42 Å². The molecule has 7 heteroatoms. The van der Waals surface area contributed by atoms with E-state index in [2.05, 4.69) is 15.5 Å². The molecule has 1 amide bonds. The van der Waals surface area contributed by atoms with Crippen molar-refractivity contribution in [3.63, 3.8) is 0 Å². The minimum Gasteiger partial charge on any atom is -0.408 e. The van der Waals surface area contributed by atoms with Crippen LogP contribution in [0.3, 0.4) is 0 Å². The molecule has 1 heterocycles. The fourth-order valence-corrected chi connectivity index (χ4v) is 1.19. The number of carbonyl (C=O) groups excluding carboxylic acids is 1. The monoisotopic (exact) mass is 239 g/mol. The summed E-state index contributed by atoms with van der Waals surface area (Å²) >= 11 is 0. The molecule has 0 saturated carbocycles. The Balaban J connectivity index is 2.23. The lowest BCUT2D eigenvalue weighted by molar-refractivity contribution is 0.101. The van der Waals surface area contributed by atoms with Gasteiger partial charge in [0.2, 0.25) is 5.89 Å². The van der Waals surface area contributed by atoms with Crippen LogP contribution in [0.1, 0.15) is 16.2 Å². The van der Waals surface area contributed by atoms with Crippen LogP contribution in [0, 0.1) is 18.6 Å². The van der Waals surface area contributed by atoms with Gasteiger partial charge >= 0.3 is 6.01 Å². The molecule has 0 atom stereocenters. The molecule has 0 aliphatic carbocycles. The number of aromatic nitrogens is 2. The standard InChI is InChI=1S/C10H7F2N3O2/c1-5-14-15-10(17-5)13-9(16)6-3-2-4-7(11)8(6)12/h2-4H,1H3,(H,13,15,16). The summed E-state index contributed by atoms with van der Waals surface area (Å²) in [4.78, 5) is 11.6. The second-order valence-electron chi connectivity index (χ2n) is 3.18. The minimum absolute atomic E-state index is 0.170. The Kier molecular flexibility index (Phi) is 2.82. The van der Waals surface area contributed by atoms with Crippen molar-refractivity contribution in [3.8, 4) is 0 Å². The van der Waals surface area contributed by atoms with Crippen molar-refractivity contribution >= 4 is 11.9 Å². The summed E-state index contributed by atoms with van der Waals surface area (Å²) in [6, 6.07) is 3.13. The molecule has 0 bridgehead atoms. The number of carbonyl (C=O) groups is 1. The Morgan fingerprint density at radius 2 is 2.12 bits per heavy atom. The van der Waals surface area contributed by atoms with Gasteiger partial charge in [0, 0.05) is 6.92 Å². The number of halogens is 2. The van der Waals surface area contributed by atoms with E-state index in [-0.39, 0.29) is 11.9 Å². The van der Waals surface area contributed by atoms with Gasteiger partial charge in [-0.15, -0.1) is 5.10 Å². The molecule has 1 aromatic carbocycles. The normalized spacial score (nSPS) is 10.3. The van der Waals surface area contributed by atoms with Crippen LogP contribution in [-0.4, -0.2) is 16.1 Å². The van der Waals surface area contributed by atoms with Crippen molar-refractivity contribution in [1.29, 1.82) is 0 Å². The van der Waals surface area contributed by atoms with Gasteiger partial charge in [0.1, 0.15) is 0 Å². The van der Waals surface area contributed by atoms with Crippen molar-refractivity contribution in [2.45, 2.75) is 6.92 Å². The average Bonchev–Trinajstić information content (AvgIpc) is 2.68. The van der Waals surface area contributed by atoms with E-state index in [1.165, 1.54) is 13.0 Å². The van der Waals surface area contributed by atoms with Gasteiger partial charge in [-0.25, -0.2) is 8.78 Å². The molecular formula is C10H7F2N3O2. The van der Waals surface area contributed by atoms with Crippen LogP contribution in [0.4, 0.5) is 14.8 Å². The maximum absolute atomic E-state index is 13.3. The molecule has 1 aromatic heterocycles. The molecule has 5 nitrogen and oxygen atoms in total. The third-order valence-electron chi connectivity index (χ3n) is 1.94. The number of hydrogen-bond acceptors (Lipinski definition) is 4. The zero-order valence-corrected chi connectivity index (χ0v) is 8.70. The van der Waals surface area contributed by atoms with E-state index in [1.54, 1.807) is 0 Å². The summed E-state index contributed by atoms with van der Waals surface area (Å²) in [5.74, 6) is -2.92. The van der Waals surface area contributed by atoms with Crippen molar-refractivity contribution in [2.24, 2.45) is 0 Å². The number of benzene rings is 1. The van der Waals surface area contributed by atoms with Gasteiger partial charge in [0.25, 0.3) is 5.91 Å². The minimum atomic E-state index is -1.22. The van der Waals surface area contributed by atoms with E-state index in [9.17, 15) is 13.6 Å². The topological polar surface area (TPSA) is 68.0 Å².